The number of halogens is 2. The van der Waals surface area contributed by atoms with Crippen LogP contribution in [0.5, 0.6) is 5.88 Å². The molecule has 8 nitrogen and oxygen atoms in total. The molecule has 0 aliphatic rings. The first kappa shape index (κ1) is 25.2. The summed E-state index contributed by atoms with van der Waals surface area (Å²) < 4.78 is 9.55. The van der Waals surface area contributed by atoms with Crippen molar-refractivity contribution in [2.75, 3.05) is 32.5 Å². The van der Waals surface area contributed by atoms with Gasteiger partial charge in [-0.1, -0.05) is 36.0 Å². The number of hydrogen-bond acceptors (Lipinski definition) is 6. The van der Waals surface area contributed by atoms with Crippen molar-refractivity contribution in [1.82, 2.24) is 14.6 Å². The molecule has 2 aromatic rings. The summed E-state index contributed by atoms with van der Waals surface area (Å²) in [5.74, 6) is -1.35. The van der Waals surface area contributed by atoms with Gasteiger partial charge in [-0.2, -0.15) is 4.37 Å². The maximum Gasteiger partial charge on any atom is 0.344 e. The lowest BCUT2D eigenvalue weighted by atomic mass is 10.2. The topological polar surface area (TPSA) is 104 Å². The van der Waals surface area contributed by atoms with E-state index in [-0.39, 0.29) is 23.1 Å². The molecule has 0 radical (unpaired) electrons. The fourth-order valence-corrected chi connectivity index (χ4v) is 3.79. The molecule has 1 heterocycles. The third-order valence-electron chi connectivity index (χ3n) is 4.29. The summed E-state index contributed by atoms with van der Waals surface area (Å²) in [5.41, 5.74) is 0.387. The largest absolute Gasteiger partial charge is 0.477 e. The minimum atomic E-state index is -1.25. The number of benzene rings is 1. The summed E-state index contributed by atoms with van der Waals surface area (Å²) in [6, 6.07) is 4.41. The van der Waals surface area contributed by atoms with Crippen molar-refractivity contribution in [3.63, 3.8) is 0 Å². The number of nitrogens with zero attached hydrogens (tertiary/aromatic N) is 2. The van der Waals surface area contributed by atoms with Crippen molar-refractivity contribution in [2.24, 2.45) is 0 Å². The van der Waals surface area contributed by atoms with Gasteiger partial charge in [0.2, 0.25) is 5.88 Å². The Morgan fingerprint density at radius 2 is 1.94 bits per heavy atom. The molecule has 0 bridgehead atoms. The van der Waals surface area contributed by atoms with E-state index in [0.29, 0.717) is 22.2 Å². The summed E-state index contributed by atoms with van der Waals surface area (Å²) in [4.78, 5) is 26.0. The first-order valence-corrected chi connectivity index (χ1v) is 11.3. The van der Waals surface area contributed by atoms with Gasteiger partial charge in [0.25, 0.3) is 0 Å². The van der Waals surface area contributed by atoms with Gasteiger partial charge in [0.15, 0.2) is 5.56 Å². The number of hydrogen-bond donors (Lipinski definition) is 3. The standard InChI is InChI=1S/C20H26Cl2N4O4S/c1-26(2)10-6-4-3-5-9-23-20(29)24-18-16(19(27)28)17(25-31-18)30-12-13-11-14(21)7-8-15(13)22/h7-8,11H,3-6,9-10,12H2,1-2H3,(H,27,28)(H2,23,24,29). The number of carboxylic acid groups (broad SMARTS) is 1. The molecule has 0 aliphatic carbocycles. The van der Waals surface area contributed by atoms with E-state index >= 15 is 0 Å². The lowest BCUT2D eigenvalue weighted by Crippen LogP contribution is -2.29. The van der Waals surface area contributed by atoms with Crippen LogP contribution in [-0.2, 0) is 6.61 Å². The minimum Gasteiger partial charge on any atom is -0.477 e. The average Bonchev–Trinajstić information content (AvgIpc) is 3.10. The third kappa shape index (κ3) is 8.53. The Morgan fingerprint density at radius 1 is 1.19 bits per heavy atom. The third-order valence-corrected chi connectivity index (χ3v) is 5.64. The van der Waals surface area contributed by atoms with Crippen LogP contribution >= 0.6 is 34.7 Å². The molecule has 0 saturated heterocycles. The van der Waals surface area contributed by atoms with E-state index < -0.39 is 12.0 Å². The van der Waals surface area contributed by atoms with Gasteiger partial charge >= 0.3 is 12.0 Å². The molecule has 0 atom stereocenters. The molecule has 2 rings (SSSR count). The molecular formula is C20H26Cl2N4O4S. The zero-order chi connectivity index (χ0) is 22.8. The van der Waals surface area contributed by atoms with Gasteiger partial charge in [-0.3, -0.25) is 5.32 Å². The first-order valence-electron chi connectivity index (χ1n) is 9.77. The van der Waals surface area contributed by atoms with Gasteiger partial charge in [0.05, 0.1) is 0 Å². The van der Waals surface area contributed by atoms with Gasteiger partial charge < -0.3 is 20.1 Å². The SMILES string of the molecule is CN(C)CCCCCCNC(=O)Nc1snc(OCc2cc(Cl)ccc2Cl)c1C(=O)O. The van der Waals surface area contributed by atoms with Crippen LogP contribution in [0, 0.1) is 0 Å². The zero-order valence-electron chi connectivity index (χ0n) is 17.4. The van der Waals surface area contributed by atoms with E-state index in [9.17, 15) is 14.7 Å². The highest BCUT2D eigenvalue weighted by Crippen LogP contribution is 2.32. The number of carbonyl (C=O) groups is 2. The fourth-order valence-electron chi connectivity index (χ4n) is 2.70. The fraction of sp³-hybridized carbons (Fsp3) is 0.450. The van der Waals surface area contributed by atoms with Gasteiger partial charge in [0.1, 0.15) is 11.6 Å². The summed E-state index contributed by atoms with van der Waals surface area (Å²) in [6.45, 7) is 1.54. The van der Waals surface area contributed by atoms with Crippen LogP contribution in [0.1, 0.15) is 41.6 Å². The predicted molar refractivity (Wildman–Crippen MR) is 124 cm³/mol. The number of aromatic nitrogens is 1. The van der Waals surface area contributed by atoms with E-state index in [4.69, 9.17) is 27.9 Å². The Labute approximate surface area is 195 Å². The highest BCUT2D eigenvalue weighted by molar-refractivity contribution is 7.11. The second-order valence-corrected chi connectivity index (χ2v) is 8.74. The molecule has 0 aliphatic heterocycles. The van der Waals surface area contributed by atoms with Crippen molar-refractivity contribution in [3.05, 3.63) is 39.4 Å². The number of nitrogens with one attached hydrogen (secondary N) is 2. The Bertz CT molecular complexity index is 892. The predicted octanol–water partition coefficient (Wildman–Crippen LogP) is 4.97. The van der Waals surface area contributed by atoms with Crippen LogP contribution in [0.3, 0.4) is 0 Å². The molecule has 0 saturated carbocycles. The molecule has 1 aromatic heterocycles. The monoisotopic (exact) mass is 488 g/mol. The summed E-state index contributed by atoms with van der Waals surface area (Å²) in [6.07, 6.45) is 4.07. The molecule has 0 fully saturated rings. The van der Waals surface area contributed by atoms with Crippen LogP contribution < -0.4 is 15.4 Å². The molecule has 0 spiro atoms. The zero-order valence-corrected chi connectivity index (χ0v) is 19.7. The number of urea groups is 1. The van der Waals surface area contributed by atoms with Crippen LogP contribution in [-0.4, -0.2) is 53.6 Å². The van der Waals surface area contributed by atoms with E-state index in [1.165, 1.54) is 0 Å². The van der Waals surface area contributed by atoms with Crippen molar-refractivity contribution >= 4 is 51.7 Å². The van der Waals surface area contributed by atoms with Gasteiger partial charge in [-0.15, -0.1) is 0 Å². The number of ether oxygens (including phenoxy) is 1. The van der Waals surface area contributed by atoms with Gasteiger partial charge in [-0.25, -0.2) is 9.59 Å². The van der Waals surface area contributed by atoms with Crippen LogP contribution in [0.2, 0.25) is 10.0 Å². The van der Waals surface area contributed by atoms with E-state index in [2.05, 4.69) is 19.9 Å². The maximum absolute atomic E-state index is 12.1. The summed E-state index contributed by atoms with van der Waals surface area (Å²) >= 11 is 12.9. The molecule has 31 heavy (non-hydrogen) atoms. The van der Waals surface area contributed by atoms with Crippen LogP contribution in [0.15, 0.2) is 18.2 Å². The number of rotatable bonds is 12. The number of amides is 2. The molecule has 3 N–H and O–H groups in total. The van der Waals surface area contributed by atoms with E-state index in [1.807, 2.05) is 14.1 Å². The van der Waals surface area contributed by atoms with E-state index in [0.717, 1.165) is 43.8 Å². The van der Waals surface area contributed by atoms with Gasteiger partial charge in [0, 0.05) is 22.2 Å². The summed E-state index contributed by atoms with van der Waals surface area (Å²) in [5, 5.41) is 15.8. The van der Waals surface area contributed by atoms with Crippen molar-refractivity contribution in [3.8, 4) is 5.88 Å². The second-order valence-electron chi connectivity index (χ2n) is 7.12. The molecule has 170 valence electrons. The number of carbonyl (C=O) groups excluding carboxylic acids is 1. The molecule has 0 unspecified atom stereocenters. The van der Waals surface area contributed by atoms with Crippen LogP contribution in [0.25, 0.3) is 0 Å². The minimum absolute atomic E-state index is 0.0110. The smallest absolute Gasteiger partial charge is 0.344 e. The number of unbranched alkanes of at least 4 members (excludes halogenated alkanes) is 3. The van der Waals surface area contributed by atoms with E-state index in [1.54, 1.807) is 18.2 Å². The molecule has 11 heteroatoms. The lowest BCUT2D eigenvalue weighted by molar-refractivity contribution is 0.0693. The normalized spacial score (nSPS) is 10.9. The Kier molecular flexibility index (Phi) is 10.3. The van der Waals surface area contributed by atoms with Crippen molar-refractivity contribution in [2.45, 2.75) is 32.3 Å². The highest BCUT2D eigenvalue weighted by atomic mass is 35.5. The highest BCUT2D eigenvalue weighted by Gasteiger charge is 2.23. The number of aromatic carboxylic acids is 1. The Hall–Kier alpha value is -2.07. The Balaban J connectivity index is 1.86. The van der Waals surface area contributed by atoms with Crippen molar-refractivity contribution in [1.29, 1.82) is 0 Å². The molecular weight excluding hydrogens is 463 g/mol. The average molecular weight is 489 g/mol. The molecule has 1 aromatic carbocycles. The lowest BCUT2D eigenvalue weighted by Gasteiger charge is -2.09. The quantitative estimate of drug-likeness (QED) is 0.364. The van der Waals surface area contributed by atoms with Gasteiger partial charge in [-0.05, 0) is 63.2 Å². The molecule has 2 amide bonds. The number of carboxylic acids is 1. The Morgan fingerprint density at radius 3 is 2.65 bits per heavy atom. The second kappa shape index (κ2) is 12.7. The van der Waals surface area contributed by atoms with Crippen LogP contribution in [0.4, 0.5) is 9.80 Å². The maximum atomic E-state index is 12.1. The summed E-state index contributed by atoms with van der Waals surface area (Å²) in [7, 11) is 4.08. The first-order chi connectivity index (χ1) is 14.8. The van der Waals surface area contributed by atoms with Crippen molar-refractivity contribution < 1.29 is 19.4 Å². The number of anilines is 1.